The molecule has 0 aliphatic rings. The highest BCUT2D eigenvalue weighted by molar-refractivity contribution is 14.1. The van der Waals surface area contributed by atoms with Gasteiger partial charge in [0.15, 0.2) is 5.78 Å². The Morgan fingerprint density at radius 1 is 1.15 bits per heavy atom. The van der Waals surface area contributed by atoms with E-state index in [-0.39, 0.29) is 5.78 Å². The lowest BCUT2D eigenvalue weighted by atomic mass is 10.0. The highest BCUT2D eigenvalue weighted by atomic mass is 127. The number of benzene rings is 2. The molecule has 104 valence electrons. The first kappa shape index (κ1) is 16.0. The first-order chi connectivity index (χ1) is 9.43. The summed E-state index contributed by atoms with van der Waals surface area (Å²) in [7, 11) is 1.57. The van der Waals surface area contributed by atoms with Crippen molar-refractivity contribution in [2.75, 3.05) is 7.11 Å². The number of methoxy groups -OCH3 is 1. The second-order valence-electron chi connectivity index (χ2n) is 4.25. The van der Waals surface area contributed by atoms with E-state index in [1.807, 2.05) is 37.3 Å². The molecule has 0 atom stereocenters. The SMILES string of the molecule is COc1cc(C)c(Br)cc1C(=O)c1cc(Br)ccc1I. The van der Waals surface area contributed by atoms with Gasteiger partial charge in [-0.05, 0) is 65.4 Å². The van der Waals surface area contributed by atoms with Gasteiger partial charge in [-0.1, -0.05) is 31.9 Å². The topological polar surface area (TPSA) is 26.3 Å². The van der Waals surface area contributed by atoms with E-state index >= 15 is 0 Å². The van der Waals surface area contributed by atoms with Crippen LogP contribution < -0.4 is 4.74 Å². The molecule has 0 aromatic heterocycles. The first-order valence-corrected chi connectivity index (χ1v) is 8.44. The molecule has 0 unspecified atom stereocenters. The van der Waals surface area contributed by atoms with Crippen molar-refractivity contribution in [1.82, 2.24) is 0 Å². The van der Waals surface area contributed by atoms with Crippen LogP contribution in [0.1, 0.15) is 21.5 Å². The molecule has 0 heterocycles. The maximum Gasteiger partial charge on any atom is 0.197 e. The summed E-state index contributed by atoms with van der Waals surface area (Å²) in [5.74, 6) is 0.541. The fraction of sp³-hybridized carbons (Fsp3) is 0.133. The van der Waals surface area contributed by atoms with Gasteiger partial charge in [-0.25, -0.2) is 0 Å². The molecule has 0 bridgehead atoms. The molecule has 0 spiro atoms. The van der Waals surface area contributed by atoms with Crippen LogP contribution in [0.15, 0.2) is 39.3 Å². The van der Waals surface area contributed by atoms with Gasteiger partial charge in [-0.15, -0.1) is 0 Å². The van der Waals surface area contributed by atoms with E-state index in [0.29, 0.717) is 16.9 Å². The van der Waals surface area contributed by atoms with E-state index < -0.39 is 0 Å². The molecule has 20 heavy (non-hydrogen) atoms. The van der Waals surface area contributed by atoms with E-state index in [9.17, 15) is 4.79 Å². The van der Waals surface area contributed by atoms with Crippen LogP contribution in [0.25, 0.3) is 0 Å². The third-order valence-electron chi connectivity index (χ3n) is 2.90. The lowest BCUT2D eigenvalue weighted by Gasteiger charge is -2.11. The fourth-order valence-electron chi connectivity index (χ4n) is 1.82. The van der Waals surface area contributed by atoms with E-state index in [4.69, 9.17) is 4.74 Å². The number of ether oxygens (including phenoxy) is 1. The molecule has 0 aliphatic heterocycles. The van der Waals surface area contributed by atoms with Gasteiger partial charge in [-0.2, -0.15) is 0 Å². The third-order valence-corrected chi connectivity index (χ3v) is 5.19. The molecule has 2 rings (SSSR count). The Balaban J connectivity index is 2.58. The van der Waals surface area contributed by atoms with Crippen LogP contribution in [0.3, 0.4) is 0 Å². The second kappa shape index (κ2) is 6.58. The summed E-state index contributed by atoms with van der Waals surface area (Å²) in [6.45, 7) is 1.96. The molecule has 2 nitrogen and oxygen atoms in total. The zero-order chi connectivity index (χ0) is 14.9. The van der Waals surface area contributed by atoms with Crippen molar-refractivity contribution >= 4 is 60.2 Å². The van der Waals surface area contributed by atoms with Gasteiger partial charge in [0.25, 0.3) is 0 Å². The largest absolute Gasteiger partial charge is 0.496 e. The first-order valence-electron chi connectivity index (χ1n) is 5.78. The van der Waals surface area contributed by atoms with Crippen molar-refractivity contribution in [3.63, 3.8) is 0 Å². The number of halogens is 3. The molecule has 0 N–H and O–H groups in total. The number of hydrogen-bond donors (Lipinski definition) is 0. The van der Waals surface area contributed by atoms with Crippen LogP contribution in [-0.4, -0.2) is 12.9 Å². The maximum absolute atomic E-state index is 12.7. The minimum atomic E-state index is -0.0479. The lowest BCUT2D eigenvalue weighted by molar-refractivity contribution is 0.103. The Bertz CT molecular complexity index is 684. The number of rotatable bonds is 3. The molecule has 0 amide bonds. The minimum Gasteiger partial charge on any atom is -0.496 e. The smallest absolute Gasteiger partial charge is 0.197 e. The average molecular weight is 510 g/mol. The molecule has 2 aromatic carbocycles. The third kappa shape index (κ3) is 3.26. The highest BCUT2D eigenvalue weighted by Crippen LogP contribution is 2.30. The van der Waals surface area contributed by atoms with Crippen LogP contribution in [0, 0.1) is 10.5 Å². The summed E-state index contributed by atoms with van der Waals surface area (Å²) < 4.78 is 8.03. The van der Waals surface area contributed by atoms with Gasteiger partial charge in [-0.3, -0.25) is 4.79 Å². The van der Waals surface area contributed by atoms with E-state index in [1.54, 1.807) is 7.11 Å². The monoisotopic (exact) mass is 508 g/mol. The van der Waals surface area contributed by atoms with Gasteiger partial charge in [0, 0.05) is 18.1 Å². The summed E-state index contributed by atoms with van der Waals surface area (Å²) in [4.78, 5) is 12.7. The quantitative estimate of drug-likeness (QED) is 0.411. The highest BCUT2D eigenvalue weighted by Gasteiger charge is 2.18. The minimum absolute atomic E-state index is 0.0479. The van der Waals surface area contributed by atoms with Crippen molar-refractivity contribution in [3.05, 3.63) is 59.5 Å². The summed E-state index contributed by atoms with van der Waals surface area (Å²) >= 11 is 9.03. The number of hydrogen-bond acceptors (Lipinski definition) is 2. The zero-order valence-corrected chi connectivity index (χ0v) is 16.2. The Kier molecular flexibility index (Phi) is 5.25. The Morgan fingerprint density at radius 2 is 1.85 bits per heavy atom. The predicted octanol–water partition coefficient (Wildman–Crippen LogP) is 5.36. The molecule has 0 fully saturated rings. The van der Waals surface area contributed by atoms with Crippen LogP contribution in [-0.2, 0) is 0 Å². The standard InChI is InChI=1S/C15H11Br2IO2/c1-8-5-14(20-2)11(7-12(8)17)15(19)10-6-9(16)3-4-13(10)18/h3-7H,1-2H3. The van der Waals surface area contributed by atoms with Crippen molar-refractivity contribution in [2.45, 2.75) is 6.92 Å². The molecule has 0 aliphatic carbocycles. The summed E-state index contributed by atoms with van der Waals surface area (Å²) in [6.07, 6.45) is 0. The van der Waals surface area contributed by atoms with Crippen molar-refractivity contribution in [2.24, 2.45) is 0 Å². The molecular formula is C15H11Br2IO2. The van der Waals surface area contributed by atoms with Crippen LogP contribution in [0.2, 0.25) is 0 Å². The summed E-state index contributed by atoms with van der Waals surface area (Å²) in [5.41, 5.74) is 2.25. The summed E-state index contributed by atoms with van der Waals surface area (Å²) in [6, 6.07) is 9.33. The molecule has 2 aromatic rings. The molecule has 5 heteroatoms. The van der Waals surface area contributed by atoms with Gasteiger partial charge >= 0.3 is 0 Å². The Hall–Kier alpha value is -0.400. The number of carbonyl (C=O) groups is 1. The lowest BCUT2D eigenvalue weighted by Crippen LogP contribution is -2.06. The maximum atomic E-state index is 12.7. The van der Waals surface area contributed by atoms with Crippen molar-refractivity contribution in [1.29, 1.82) is 0 Å². The van der Waals surface area contributed by atoms with E-state index in [1.165, 1.54) is 0 Å². The zero-order valence-electron chi connectivity index (χ0n) is 10.8. The Labute approximate surface area is 148 Å². The van der Waals surface area contributed by atoms with Gasteiger partial charge in [0.05, 0.1) is 12.7 Å². The predicted molar refractivity (Wildman–Crippen MR) is 95.7 cm³/mol. The number of carbonyl (C=O) groups excluding carboxylic acids is 1. The normalized spacial score (nSPS) is 10.4. The van der Waals surface area contributed by atoms with Crippen molar-refractivity contribution < 1.29 is 9.53 Å². The number of aryl methyl sites for hydroxylation is 1. The average Bonchev–Trinajstić information content (AvgIpc) is 2.43. The number of ketones is 1. The van der Waals surface area contributed by atoms with Crippen molar-refractivity contribution in [3.8, 4) is 5.75 Å². The molecular weight excluding hydrogens is 499 g/mol. The van der Waals surface area contributed by atoms with E-state index in [0.717, 1.165) is 18.1 Å². The molecule has 0 radical (unpaired) electrons. The Morgan fingerprint density at radius 3 is 2.50 bits per heavy atom. The van der Waals surface area contributed by atoms with Crippen LogP contribution >= 0.6 is 54.5 Å². The molecule has 0 saturated carbocycles. The summed E-state index contributed by atoms with van der Waals surface area (Å²) in [5, 5.41) is 0. The van der Waals surface area contributed by atoms with Crippen LogP contribution in [0.5, 0.6) is 5.75 Å². The van der Waals surface area contributed by atoms with Crippen LogP contribution in [0.4, 0.5) is 0 Å². The fourth-order valence-corrected chi connectivity index (χ4v) is 3.10. The van der Waals surface area contributed by atoms with Gasteiger partial charge < -0.3 is 4.74 Å². The van der Waals surface area contributed by atoms with Gasteiger partial charge in [0.1, 0.15) is 5.75 Å². The molecule has 0 saturated heterocycles. The van der Waals surface area contributed by atoms with Gasteiger partial charge in [0.2, 0.25) is 0 Å². The van der Waals surface area contributed by atoms with E-state index in [2.05, 4.69) is 54.5 Å². The second-order valence-corrected chi connectivity index (χ2v) is 7.19.